The number of para-hydroxylation sites is 1. The lowest BCUT2D eigenvalue weighted by Crippen LogP contribution is -2.35. The molecule has 3 rings (SSSR count). The Morgan fingerprint density at radius 3 is 2.50 bits per heavy atom. The Bertz CT molecular complexity index is 756. The third kappa shape index (κ3) is 3.27. The van der Waals surface area contributed by atoms with Gasteiger partial charge < -0.3 is 9.47 Å². The number of carbonyl (C=O) groups excluding carboxylic acids is 2. The molecule has 0 spiro atoms. The molecule has 1 unspecified atom stereocenters. The Morgan fingerprint density at radius 1 is 1.12 bits per heavy atom. The minimum Gasteiger partial charge on any atom is -0.474 e. The summed E-state index contributed by atoms with van der Waals surface area (Å²) < 4.78 is 10.5. The van der Waals surface area contributed by atoms with E-state index >= 15 is 0 Å². The highest BCUT2D eigenvalue weighted by molar-refractivity contribution is 6.17. The summed E-state index contributed by atoms with van der Waals surface area (Å²) in [6, 6.07) is 16.2. The molecule has 0 radical (unpaired) electrons. The zero-order chi connectivity index (χ0) is 16.9. The van der Waals surface area contributed by atoms with Crippen LogP contribution in [0.1, 0.15) is 12.5 Å². The molecule has 122 valence electrons. The zero-order valence-corrected chi connectivity index (χ0v) is 13.1. The van der Waals surface area contributed by atoms with Crippen LogP contribution < -0.4 is 9.75 Å². The van der Waals surface area contributed by atoms with Crippen LogP contribution >= 0.6 is 0 Å². The van der Waals surface area contributed by atoms with Crippen LogP contribution in [-0.2, 0) is 20.9 Å². The van der Waals surface area contributed by atoms with Gasteiger partial charge >= 0.3 is 0 Å². The van der Waals surface area contributed by atoms with Gasteiger partial charge in [-0.25, -0.2) is 0 Å². The van der Waals surface area contributed by atoms with Crippen LogP contribution in [0.2, 0.25) is 0 Å². The van der Waals surface area contributed by atoms with Crippen LogP contribution in [-0.4, -0.2) is 24.2 Å². The lowest BCUT2D eigenvalue weighted by molar-refractivity contribution is -0.129. The van der Waals surface area contributed by atoms with Crippen molar-refractivity contribution < 1.29 is 19.1 Å². The van der Waals surface area contributed by atoms with Crippen molar-refractivity contribution in [3.63, 3.8) is 0 Å². The maximum Gasteiger partial charge on any atom is 0.294 e. The van der Waals surface area contributed by atoms with E-state index in [-0.39, 0.29) is 12.5 Å². The number of benzene rings is 2. The molecule has 2 aromatic rings. The first kappa shape index (κ1) is 15.7. The second-order valence-electron chi connectivity index (χ2n) is 5.28. The van der Waals surface area contributed by atoms with Gasteiger partial charge in [0.25, 0.3) is 12.4 Å². The highest BCUT2D eigenvalue weighted by Gasteiger charge is 2.36. The van der Waals surface area contributed by atoms with Gasteiger partial charge in [0.1, 0.15) is 12.4 Å². The van der Waals surface area contributed by atoms with Gasteiger partial charge in [0.2, 0.25) is 6.10 Å². The quantitative estimate of drug-likeness (QED) is 0.766. The fourth-order valence-corrected chi connectivity index (χ4v) is 2.37. The second kappa shape index (κ2) is 6.95. The number of nitrogens with zero attached hydrogens (tertiary/aromatic N) is 2. The third-order valence-corrected chi connectivity index (χ3v) is 3.57. The molecule has 0 saturated heterocycles. The van der Waals surface area contributed by atoms with Crippen molar-refractivity contribution in [3.05, 3.63) is 60.2 Å². The van der Waals surface area contributed by atoms with Crippen LogP contribution in [0.5, 0.6) is 5.75 Å². The van der Waals surface area contributed by atoms with E-state index < -0.39 is 6.10 Å². The second-order valence-corrected chi connectivity index (χ2v) is 5.28. The Hall–Kier alpha value is -3.15. The van der Waals surface area contributed by atoms with E-state index in [1.54, 1.807) is 31.2 Å². The average Bonchev–Trinajstić information content (AvgIpc) is 2.90. The SMILES string of the molecule is CC1=NN(c2ccccc2)C(=O)C1Oc1ccc(COC=O)cc1. The molecule has 0 N–H and O–H groups in total. The minimum atomic E-state index is -0.748. The Kier molecular flexibility index (Phi) is 4.56. The average molecular weight is 324 g/mol. The number of anilines is 1. The zero-order valence-electron chi connectivity index (χ0n) is 13.1. The normalized spacial score (nSPS) is 16.7. The van der Waals surface area contributed by atoms with E-state index in [0.29, 0.717) is 23.6 Å². The van der Waals surface area contributed by atoms with Gasteiger partial charge in [0.15, 0.2) is 0 Å². The molecule has 1 atom stereocenters. The molecule has 6 heteroatoms. The van der Waals surface area contributed by atoms with E-state index in [4.69, 9.17) is 4.74 Å². The van der Waals surface area contributed by atoms with Crippen molar-refractivity contribution in [2.45, 2.75) is 19.6 Å². The largest absolute Gasteiger partial charge is 0.474 e. The predicted octanol–water partition coefficient (Wildman–Crippen LogP) is 2.53. The fourth-order valence-electron chi connectivity index (χ4n) is 2.37. The summed E-state index contributed by atoms with van der Waals surface area (Å²) in [7, 11) is 0. The van der Waals surface area contributed by atoms with Crippen molar-refractivity contribution >= 4 is 23.8 Å². The summed E-state index contributed by atoms with van der Waals surface area (Å²) in [5.41, 5.74) is 2.13. The molecule has 0 aromatic heterocycles. The highest BCUT2D eigenvalue weighted by Crippen LogP contribution is 2.23. The monoisotopic (exact) mass is 324 g/mol. The summed E-state index contributed by atoms with van der Waals surface area (Å²) in [6.45, 7) is 2.37. The van der Waals surface area contributed by atoms with E-state index in [0.717, 1.165) is 5.56 Å². The number of carbonyl (C=O) groups is 2. The van der Waals surface area contributed by atoms with Gasteiger partial charge in [-0.2, -0.15) is 10.1 Å². The van der Waals surface area contributed by atoms with Crippen LogP contribution in [0.15, 0.2) is 59.7 Å². The molecular weight excluding hydrogens is 308 g/mol. The Labute approximate surface area is 139 Å². The molecule has 0 fully saturated rings. The molecule has 1 aliphatic heterocycles. The molecule has 1 amide bonds. The number of hydrogen-bond acceptors (Lipinski definition) is 5. The van der Waals surface area contributed by atoms with Crippen molar-refractivity contribution in [2.75, 3.05) is 5.01 Å². The molecule has 0 saturated carbocycles. The summed E-state index contributed by atoms with van der Waals surface area (Å²) in [5.74, 6) is 0.319. The number of hydrazone groups is 1. The summed E-state index contributed by atoms with van der Waals surface area (Å²) in [5, 5.41) is 5.65. The Balaban J connectivity index is 1.71. The molecular formula is C18H16N2O4. The van der Waals surface area contributed by atoms with Crippen molar-refractivity contribution in [3.8, 4) is 5.75 Å². The molecule has 1 aliphatic rings. The minimum absolute atomic E-state index is 0.203. The van der Waals surface area contributed by atoms with Crippen LogP contribution in [0.4, 0.5) is 5.69 Å². The van der Waals surface area contributed by atoms with Gasteiger partial charge in [-0.05, 0) is 36.8 Å². The third-order valence-electron chi connectivity index (χ3n) is 3.57. The maximum absolute atomic E-state index is 12.6. The fraction of sp³-hybridized carbons (Fsp3) is 0.167. The van der Waals surface area contributed by atoms with Crippen LogP contribution in [0.3, 0.4) is 0 Å². The predicted molar refractivity (Wildman–Crippen MR) is 88.7 cm³/mol. The lowest BCUT2D eigenvalue weighted by Gasteiger charge is -2.15. The van der Waals surface area contributed by atoms with E-state index in [1.165, 1.54) is 5.01 Å². The smallest absolute Gasteiger partial charge is 0.294 e. The number of hydrogen-bond donors (Lipinski definition) is 0. The summed E-state index contributed by atoms with van der Waals surface area (Å²) in [6.07, 6.45) is -0.748. The first-order valence-electron chi connectivity index (χ1n) is 7.44. The maximum atomic E-state index is 12.6. The van der Waals surface area contributed by atoms with Crippen LogP contribution in [0, 0.1) is 0 Å². The number of rotatable bonds is 6. The van der Waals surface area contributed by atoms with Crippen molar-refractivity contribution in [1.82, 2.24) is 0 Å². The molecule has 1 heterocycles. The van der Waals surface area contributed by atoms with Crippen molar-refractivity contribution in [1.29, 1.82) is 0 Å². The molecule has 2 aromatic carbocycles. The highest BCUT2D eigenvalue weighted by atomic mass is 16.5. The molecule has 6 nitrogen and oxygen atoms in total. The van der Waals surface area contributed by atoms with Crippen LogP contribution in [0.25, 0.3) is 0 Å². The van der Waals surface area contributed by atoms with Crippen molar-refractivity contribution in [2.24, 2.45) is 5.10 Å². The van der Waals surface area contributed by atoms with E-state index in [2.05, 4.69) is 9.84 Å². The van der Waals surface area contributed by atoms with E-state index in [1.807, 2.05) is 30.3 Å². The van der Waals surface area contributed by atoms with E-state index in [9.17, 15) is 9.59 Å². The van der Waals surface area contributed by atoms with Gasteiger partial charge in [-0.1, -0.05) is 30.3 Å². The molecule has 24 heavy (non-hydrogen) atoms. The summed E-state index contributed by atoms with van der Waals surface area (Å²) in [4.78, 5) is 22.7. The molecule has 0 bridgehead atoms. The van der Waals surface area contributed by atoms with Gasteiger partial charge in [0.05, 0.1) is 11.4 Å². The van der Waals surface area contributed by atoms with Gasteiger partial charge in [-0.3, -0.25) is 9.59 Å². The first-order chi connectivity index (χ1) is 11.7. The lowest BCUT2D eigenvalue weighted by atomic mass is 10.2. The molecule has 0 aliphatic carbocycles. The topological polar surface area (TPSA) is 68.2 Å². The number of amides is 1. The van der Waals surface area contributed by atoms with Gasteiger partial charge in [-0.15, -0.1) is 0 Å². The summed E-state index contributed by atoms with van der Waals surface area (Å²) >= 11 is 0. The number of ether oxygens (including phenoxy) is 2. The van der Waals surface area contributed by atoms with Gasteiger partial charge in [0, 0.05) is 0 Å². The Morgan fingerprint density at radius 2 is 1.83 bits per heavy atom. The standard InChI is InChI=1S/C18H16N2O4/c1-13-17(18(22)20(19-13)15-5-3-2-4-6-15)24-16-9-7-14(8-10-16)11-23-12-21/h2-10,12,17H,11H2,1H3. The first-order valence-corrected chi connectivity index (χ1v) is 7.44.